The van der Waals surface area contributed by atoms with Gasteiger partial charge in [0.2, 0.25) is 0 Å². The summed E-state index contributed by atoms with van der Waals surface area (Å²) in [5, 5.41) is 9.05. The van der Waals surface area contributed by atoms with Gasteiger partial charge < -0.3 is 11.1 Å². The van der Waals surface area contributed by atoms with Crippen molar-refractivity contribution >= 4 is 51.1 Å². The maximum absolute atomic E-state index is 13.2. The van der Waals surface area contributed by atoms with Crippen LogP contribution >= 0.6 is 22.9 Å². The van der Waals surface area contributed by atoms with Crippen molar-refractivity contribution in [3.63, 3.8) is 0 Å². The van der Waals surface area contributed by atoms with E-state index < -0.39 is 0 Å². The van der Waals surface area contributed by atoms with E-state index in [-0.39, 0.29) is 5.78 Å². The Balaban J connectivity index is 1.17. The molecule has 1 saturated heterocycles. The lowest BCUT2D eigenvalue weighted by molar-refractivity contribution is 0.0983. The molecule has 4 heterocycles. The number of nitrogens with one attached hydrogen (secondary N) is 1. The fourth-order valence-corrected chi connectivity index (χ4v) is 5.52. The molecular formula is C27H29ClN6OS. The highest BCUT2D eigenvalue weighted by Crippen LogP contribution is 2.25. The molecule has 186 valence electrons. The quantitative estimate of drug-likeness (QED) is 0.283. The molecule has 1 aliphatic heterocycles. The number of nitrogens with two attached hydrogens (primary N) is 1. The van der Waals surface area contributed by atoms with Gasteiger partial charge in [-0.1, -0.05) is 29.8 Å². The molecule has 0 saturated carbocycles. The lowest BCUT2D eigenvalue weighted by Crippen LogP contribution is -2.35. The second kappa shape index (κ2) is 11.3. The van der Waals surface area contributed by atoms with Crippen LogP contribution in [0.15, 0.2) is 54.3 Å². The molecule has 3 N–H and O–H groups in total. The van der Waals surface area contributed by atoms with E-state index in [0.717, 1.165) is 55.4 Å². The molecule has 0 atom stereocenters. The largest absolute Gasteiger partial charge is 0.383 e. The summed E-state index contributed by atoms with van der Waals surface area (Å²) in [5.41, 5.74) is 7.59. The average Bonchev–Trinajstić information content (AvgIpc) is 3.40. The van der Waals surface area contributed by atoms with E-state index in [1.807, 2.05) is 29.8 Å². The van der Waals surface area contributed by atoms with E-state index >= 15 is 0 Å². The fraction of sp³-hybridized carbons (Fsp3) is 0.333. The van der Waals surface area contributed by atoms with Crippen LogP contribution in [0.25, 0.3) is 10.8 Å². The maximum atomic E-state index is 13.2. The van der Waals surface area contributed by atoms with Gasteiger partial charge in [0.1, 0.15) is 16.6 Å². The molecule has 1 aromatic carbocycles. The first-order valence-corrected chi connectivity index (χ1v) is 13.5. The number of anilines is 2. The first-order valence-electron chi connectivity index (χ1n) is 12.2. The molecule has 0 aliphatic carbocycles. The van der Waals surface area contributed by atoms with Crippen LogP contribution < -0.4 is 11.1 Å². The minimum Gasteiger partial charge on any atom is -0.383 e. The minimum absolute atomic E-state index is 0.0279. The van der Waals surface area contributed by atoms with Crippen molar-refractivity contribution in [3.8, 4) is 0 Å². The average molecular weight is 521 g/mol. The molecule has 1 fully saturated rings. The molecule has 9 heteroatoms. The summed E-state index contributed by atoms with van der Waals surface area (Å²) in [6, 6.07) is 9.70. The van der Waals surface area contributed by atoms with Gasteiger partial charge in [0, 0.05) is 42.3 Å². The number of ketones is 1. The summed E-state index contributed by atoms with van der Waals surface area (Å²) in [6.07, 6.45) is 8.38. The van der Waals surface area contributed by atoms with E-state index in [1.165, 1.54) is 5.01 Å². The van der Waals surface area contributed by atoms with Gasteiger partial charge >= 0.3 is 0 Å². The van der Waals surface area contributed by atoms with Gasteiger partial charge in [-0.2, -0.15) is 0 Å². The maximum Gasteiger partial charge on any atom is 0.166 e. The number of carbonyl (C=O) groups excluding carboxylic acids is 1. The van der Waals surface area contributed by atoms with Crippen LogP contribution in [0.2, 0.25) is 5.02 Å². The smallest absolute Gasteiger partial charge is 0.166 e. The number of hydrogen-bond donors (Lipinski definition) is 2. The molecule has 0 amide bonds. The van der Waals surface area contributed by atoms with Gasteiger partial charge in [0.05, 0.1) is 17.1 Å². The predicted molar refractivity (Wildman–Crippen MR) is 147 cm³/mol. The molecule has 0 spiro atoms. The normalized spacial score (nSPS) is 14.8. The summed E-state index contributed by atoms with van der Waals surface area (Å²) in [4.78, 5) is 28.6. The highest BCUT2D eigenvalue weighted by molar-refractivity contribution is 7.09. The second-order valence-electron chi connectivity index (χ2n) is 9.25. The zero-order chi connectivity index (χ0) is 24.9. The minimum atomic E-state index is 0.0279. The van der Waals surface area contributed by atoms with Crippen LogP contribution in [0.4, 0.5) is 11.6 Å². The summed E-state index contributed by atoms with van der Waals surface area (Å²) in [7, 11) is 0. The number of carbonyl (C=O) groups is 1. The Hall–Kier alpha value is -3.07. The number of piperidine rings is 1. The number of thiazole rings is 1. The van der Waals surface area contributed by atoms with Crippen molar-refractivity contribution in [2.75, 3.05) is 30.7 Å². The highest BCUT2D eigenvalue weighted by Gasteiger charge is 2.21. The van der Waals surface area contributed by atoms with Gasteiger partial charge in [-0.25, -0.2) is 15.0 Å². The number of pyridine rings is 2. The molecule has 0 bridgehead atoms. The number of likely N-dealkylation sites (tertiary alicyclic amines) is 1. The van der Waals surface area contributed by atoms with Crippen LogP contribution in [-0.2, 0) is 13.0 Å². The number of nitrogens with zero attached hydrogens (tertiary/aromatic N) is 4. The van der Waals surface area contributed by atoms with E-state index in [2.05, 4.69) is 31.2 Å². The second-order valence-corrected chi connectivity index (χ2v) is 10.7. The van der Waals surface area contributed by atoms with Gasteiger partial charge in [0.25, 0.3) is 0 Å². The number of aryl methyl sites for hydroxylation is 1. The summed E-state index contributed by atoms with van der Waals surface area (Å²) < 4.78 is 0. The Kier molecular flexibility index (Phi) is 7.75. The molecule has 0 radical (unpaired) electrons. The third-order valence-corrected chi connectivity index (χ3v) is 7.73. The first-order chi connectivity index (χ1) is 17.5. The molecule has 4 aromatic rings. The molecule has 3 aromatic heterocycles. The van der Waals surface area contributed by atoms with Gasteiger partial charge in [-0.3, -0.25) is 9.69 Å². The lowest BCUT2D eigenvalue weighted by Gasteiger charge is -2.31. The van der Waals surface area contributed by atoms with Crippen LogP contribution in [0, 0.1) is 5.92 Å². The van der Waals surface area contributed by atoms with E-state index in [0.29, 0.717) is 41.0 Å². The zero-order valence-electron chi connectivity index (χ0n) is 20.0. The van der Waals surface area contributed by atoms with Gasteiger partial charge in [-0.15, -0.1) is 11.3 Å². The molecule has 1 aliphatic rings. The number of rotatable bonds is 9. The Morgan fingerprint density at radius 2 is 2.00 bits per heavy atom. The Morgan fingerprint density at radius 3 is 2.81 bits per heavy atom. The van der Waals surface area contributed by atoms with Crippen LogP contribution in [-0.4, -0.2) is 45.3 Å². The van der Waals surface area contributed by atoms with Crippen LogP contribution in [0.5, 0.6) is 0 Å². The topological polar surface area (TPSA) is 97.0 Å². The number of hydrogen-bond acceptors (Lipinski definition) is 8. The number of Topliss-reactive ketones (excluding diaryl/α,β-unsaturated/α-hetero) is 1. The zero-order valence-corrected chi connectivity index (χ0v) is 21.6. The number of nitrogen functional groups attached to an aromatic ring is 1. The van der Waals surface area contributed by atoms with E-state index in [1.54, 1.807) is 29.8 Å². The summed E-state index contributed by atoms with van der Waals surface area (Å²) in [6.45, 7) is 3.83. The van der Waals surface area contributed by atoms with Crippen LogP contribution in [0.1, 0.15) is 40.2 Å². The summed E-state index contributed by atoms with van der Waals surface area (Å²) in [5.74, 6) is 1.70. The standard InChI is InChI=1S/C27H29ClN6OS/c28-21-14-23(24(35)4-2-18-1-3-22-20(13-18)5-8-31-26(22)29)27(33-16-21)32-15-19-6-10-34(11-7-19)17-25-30-9-12-36-25/h1,3,5,8-9,12-14,16,19H,2,4,6-7,10-11,15,17H2,(H2,29,31)(H,32,33). The fourth-order valence-electron chi connectivity index (χ4n) is 4.70. The monoisotopic (exact) mass is 520 g/mol. The van der Waals surface area contributed by atoms with E-state index in [4.69, 9.17) is 17.3 Å². The SMILES string of the molecule is Nc1nccc2cc(CCC(=O)c3cc(Cl)cnc3NCC3CCN(Cc4nccs4)CC3)ccc12. The van der Waals surface area contributed by atoms with Crippen molar-refractivity contribution < 1.29 is 4.79 Å². The van der Waals surface area contributed by atoms with Crippen LogP contribution in [0.3, 0.4) is 0 Å². The molecule has 5 rings (SSSR count). The first kappa shape index (κ1) is 24.6. The molecule has 36 heavy (non-hydrogen) atoms. The van der Waals surface area contributed by atoms with Crippen molar-refractivity contribution in [1.29, 1.82) is 0 Å². The van der Waals surface area contributed by atoms with Gasteiger partial charge in [-0.05, 0) is 61.4 Å². The van der Waals surface area contributed by atoms with E-state index in [9.17, 15) is 4.79 Å². The molecule has 0 unspecified atom stereocenters. The Morgan fingerprint density at radius 1 is 1.14 bits per heavy atom. The number of aromatic nitrogens is 3. The molecule has 7 nitrogen and oxygen atoms in total. The Labute approximate surface area is 219 Å². The third kappa shape index (κ3) is 6.00. The van der Waals surface area contributed by atoms with Crippen molar-refractivity contribution in [2.45, 2.75) is 32.2 Å². The van der Waals surface area contributed by atoms with Crippen molar-refractivity contribution in [2.24, 2.45) is 5.92 Å². The highest BCUT2D eigenvalue weighted by atomic mass is 35.5. The third-order valence-electron chi connectivity index (χ3n) is 6.76. The Bertz CT molecular complexity index is 1340. The number of benzene rings is 1. The van der Waals surface area contributed by atoms with Crippen molar-refractivity contribution in [3.05, 3.63) is 75.5 Å². The predicted octanol–water partition coefficient (Wildman–Crippen LogP) is 5.46. The lowest BCUT2D eigenvalue weighted by atomic mass is 9.96. The number of halogens is 1. The van der Waals surface area contributed by atoms with Gasteiger partial charge in [0.15, 0.2) is 5.78 Å². The molecular weight excluding hydrogens is 492 g/mol. The number of fused-ring (bicyclic) bond motifs is 1. The van der Waals surface area contributed by atoms with Crippen molar-refractivity contribution in [1.82, 2.24) is 19.9 Å². The summed E-state index contributed by atoms with van der Waals surface area (Å²) >= 11 is 7.92.